The molecule has 0 heterocycles. The Morgan fingerprint density at radius 3 is 2.33 bits per heavy atom. The molecule has 0 unspecified atom stereocenters. The van der Waals surface area contributed by atoms with Gasteiger partial charge in [0.1, 0.15) is 0 Å². The van der Waals surface area contributed by atoms with E-state index in [1.807, 2.05) is 26.1 Å². The summed E-state index contributed by atoms with van der Waals surface area (Å²) in [6.45, 7) is 4.70. The number of benzene rings is 1. The molecule has 18 heavy (non-hydrogen) atoms. The monoisotopic (exact) mass is 243 g/mol. The first-order valence-corrected chi connectivity index (χ1v) is 6.29. The normalized spacial score (nSPS) is 11.3. The van der Waals surface area contributed by atoms with Crippen molar-refractivity contribution < 1.29 is 4.79 Å². The van der Waals surface area contributed by atoms with Gasteiger partial charge in [0.25, 0.3) is 0 Å². The van der Waals surface area contributed by atoms with Gasteiger partial charge >= 0.3 is 0 Å². The van der Waals surface area contributed by atoms with Crippen LogP contribution in [0.25, 0.3) is 0 Å². The minimum absolute atomic E-state index is 0.0210. The van der Waals surface area contributed by atoms with Gasteiger partial charge in [-0.1, -0.05) is 49.4 Å². The Morgan fingerprint density at radius 1 is 1.17 bits per heavy atom. The van der Waals surface area contributed by atoms with E-state index >= 15 is 0 Å². The fourth-order valence-electron chi connectivity index (χ4n) is 1.61. The van der Waals surface area contributed by atoms with Gasteiger partial charge in [0.15, 0.2) is 0 Å². The van der Waals surface area contributed by atoms with E-state index < -0.39 is 0 Å². The standard InChI is InChI=1S/C16H21NO/c1-4-6-7-8-16(18)17(3)13-15-11-9-14(5-2)10-12-15/h4,6-12H,5,13H2,1-3H3. The molecule has 0 spiro atoms. The molecule has 0 atom stereocenters. The molecule has 1 amide bonds. The summed E-state index contributed by atoms with van der Waals surface area (Å²) in [7, 11) is 1.82. The predicted molar refractivity (Wildman–Crippen MR) is 76.2 cm³/mol. The van der Waals surface area contributed by atoms with Crippen molar-refractivity contribution in [1.82, 2.24) is 4.90 Å². The molecule has 0 bridgehead atoms. The van der Waals surface area contributed by atoms with E-state index in [1.54, 1.807) is 17.1 Å². The van der Waals surface area contributed by atoms with Crippen molar-refractivity contribution in [3.05, 3.63) is 59.7 Å². The second kappa shape index (κ2) is 7.49. The smallest absolute Gasteiger partial charge is 0.246 e. The molecule has 0 aromatic heterocycles. The van der Waals surface area contributed by atoms with Crippen molar-refractivity contribution >= 4 is 5.91 Å². The van der Waals surface area contributed by atoms with Crippen molar-refractivity contribution in [2.45, 2.75) is 26.8 Å². The number of carbonyl (C=O) groups excluding carboxylic acids is 1. The quantitative estimate of drug-likeness (QED) is 0.573. The summed E-state index contributed by atoms with van der Waals surface area (Å²) in [6.07, 6.45) is 8.13. The largest absolute Gasteiger partial charge is 0.338 e. The molecule has 0 aliphatic rings. The molecule has 0 N–H and O–H groups in total. The first-order valence-electron chi connectivity index (χ1n) is 6.29. The van der Waals surface area contributed by atoms with Crippen LogP contribution in [0.2, 0.25) is 0 Å². The maximum absolute atomic E-state index is 11.8. The summed E-state index contributed by atoms with van der Waals surface area (Å²) in [5, 5.41) is 0. The molecule has 2 heteroatoms. The zero-order chi connectivity index (χ0) is 13.4. The van der Waals surface area contributed by atoms with Gasteiger partial charge in [-0.05, 0) is 24.5 Å². The van der Waals surface area contributed by atoms with E-state index in [0.717, 1.165) is 12.0 Å². The Balaban J connectivity index is 2.57. The number of amides is 1. The van der Waals surface area contributed by atoms with Crippen LogP contribution >= 0.6 is 0 Å². The first-order chi connectivity index (χ1) is 8.67. The number of allylic oxidation sites excluding steroid dienone is 3. The average molecular weight is 243 g/mol. The molecule has 0 aliphatic heterocycles. The van der Waals surface area contributed by atoms with Gasteiger partial charge in [-0.25, -0.2) is 0 Å². The second-order valence-corrected chi connectivity index (χ2v) is 4.25. The third kappa shape index (κ3) is 4.58. The van der Waals surface area contributed by atoms with E-state index in [0.29, 0.717) is 6.54 Å². The molecule has 1 aromatic rings. The van der Waals surface area contributed by atoms with Gasteiger partial charge in [-0.15, -0.1) is 0 Å². The van der Waals surface area contributed by atoms with E-state index in [1.165, 1.54) is 5.56 Å². The zero-order valence-corrected chi connectivity index (χ0v) is 11.4. The summed E-state index contributed by atoms with van der Waals surface area (Å²) in [4.78, 5) is 13.5. The zero-order valence-electron chi connectivity index (χ0n) is 11.4. The van der Waals surface area contributed by atoms with E-state index in [9.17, 15) is 4.79 Å². The Bertz CT molecular complexity index is 429. The minimum atomic E-state index is 0.0210. The van der Waals surface area contributed by atoms with Gasteiger partial charge in [-0.2, -0.15) is 0 Å². The van der Waals surface area contributed by atoms with Crippen molar-refractivity contribution in [3.63, 3.8) is 0 Å². The van der Waals surface area contributed by atoms with Crippen LogP contribution in [0.5, 0.6) is 0 Å². The molecule has 0 saturated carbocycles. The Labute approximate surface area is 110 Å². The summed E-state index contributed by atoms with van der Waals surface area (Å²) < 4.78 is 0. The second-order valence-electron chi connectivity index (χ2n) is 4.25. The van der Waals surface area contributed by atoms with Crippen molar-refractivity contribution in [3.8, 4) is 0 Å². The summed E-state index contributed by atoms with van der Waals surface area (Å²) in [5.41, 5.74) is 2.48. The van der Waals surface area contributed by atoms with Crippen LogP contribution in [0.15, 0.2) is 48.6 Å². The fraction of sp³-hybridized carbons (Fsp3) is 0.312. The number of aryl methyl sites for hydroxylation is 1. The van der Waals surface area contributed by atoms with Gasteiger partial charge in [0, 0.05) is 19.7 Å². The van der Waals surface area contributed by atoms with Crippen LogP contribution in [0.1, 0.15) is 25.0 Å². The SMILES string of the molecule is CC=CC=CC(=O)N(C)Cc1ccc(CC)cc1. The van der Waals surface area contributed by atoms with Gasteiger partial charge in [0.05, 0.1) is 0 Å². The number of nitrogens with zero attached hydrogens (tertiary/aromatic N) is 1. The van der Waals surface area contributed by atoms with Crippen LogP contribution in [0, 0.1) is 0 Å². The summed E-state index contributed by atoms with van der Waals surface area (Å²) in [6, 6.07) is 8.39. The number of carbonyl (C=O) groups is 1. The fourth-order valence-corrected chi connectivity index (χ4v) is 1.61. The molecule has 2 nitrogen and oxygen atoms in total. The highest BCUT2D eigenvalue weighted by molar-refractivity contribution is 5.87. The lowest BCUT2D eigenvalue weighted by molar-refractivity contribution is -0.125. The topological polar surface area (TPSA) is 20.3 Å². The number of likely N-dealkylation sites (N-methyl/N-ethyl adjacent to an activating group) is 1. The van der Waals surface area contributed by atoms with Crippen LogP contribution in [-0.4, -0.2) is 17.9 Å². The van der Waals surface area contributed by atoms with Crippen molar-refractivity contribution in [2.24, 2.45) is 0 Å². The molecular weight excluding hydrogens is 222 g/mol. The molecule has 1 aromatic carbocycles. The maximum Gasteiger partial charge on any atom is 0.246 e. The number of rotatable bonds is 5. The summed E-state index contributed by atoms with van der Waals surface area (Å²) >= 11 is 0. The number of hydrogen-bond acceptors (Lipinski definition) is 1. The predicted octanol–water partition coefficient (Wildman–Crippen LogP) is 3.34. The number of hydrogen-bond donors (Lipinski definition) is 0. The minimum Gasteiger partial charge on any atom is -0.338 e. The highest BCUT2D eigenvalue weighted by Crippen LogP contribution is 2.07. The lowest BCUT2D eigenvalue weighted by atomic mass is 10.1. The van der Waals surface area contributed by atoms with Gasteiger partial charge < -0.3 is 4.90 Å². The summed E-state index contributed by atoms with van der Waals surface area (Å²) in [5.74, 6) is 0.0210. The molecule has 0 radical (unpaired) electrons. The van der Waals surface area contributed by atoms with Crippen LogP contribution in [-0.2, 0) is 17.8 Å². The lowest BCUT2D eigenvalue weighted by Gasteiger charge is -2.15. The van der Waals surface area contributed by atoms with Gasteiger partial charge in [-0.3, -0.25) is 4.79 Å². The van der Waals surface area contributed by atoms with E-state index in [4.69, 9.17) is 0 Å². The highest BCUT2D eigenvalue weighted by atomic mass is 16.2. The molecule has 96 valence electrons. The lowest BCUT2D eigenvalue weighted by Crippen LogP contribution is -2.24. The van der Waals surface area contributed by atoms with E-state index in [2.05, 4.69) is 31.2 Å². The van der Waals surface area contributed by atoms with E-state index in [-0.39, 0.29) is 5.91 Å². The Hall–Kier alpha value is -1.83. The molecule has 1 rings (SSSR count). The third-order valence-electron chi connectivity index (χ3n) is 2.77. The highest BCUT2D eigenvalue weighted by Gasteiger charge is 2.04. The van der Waals surface area contributed by atoms with Crippen molar-refractivity contribution in [1.29, 1.82) is 0 Å². The van der Waals surface area contributed by atoms with Crippen molar-refractivity contribution in [2.75, 3.05) is 7.05 Å². The Kier molecular flexibility index (Phi) is 5.92. The molecule has 0 aliphatic carbocycles. The van der Waals surface area contributed by atoms with Crippen LogP contribution in [0.4, 0.5) is 0 Å². The van der Waals surface area contributed by atoms with Gasteiger partial charge in [0.2, 0.25) is 5.91 Å². The third-order valence-corrected chi connectivity index (χ3v) is 2.77. The Morgan fingerprint density at radius 2 is 1.78 bits per heavy atom. The molecule has 0 fully saturated rings. The molecular formula is C16H21NO. The maximum atomic E-state index is 11.8. The van der Waals surface area contributed by atoms with Crippen LogP contribution < -0.4 is 0 Å². The average Bonchev–Trinajstić information content (AvgIpc) is 2.39. The first kappa shape index (κ1) is 14.2. The molecule has 0 saturated heterocycles. The van der Waals surface area contributed by atoms with Crippen LogP contribution in [0.3, 0.4) is 0 Å².